The van der Waals surface area contributed by atoms with Crippen LogP contribution in [-0.4, -0.2) is 26.4 Å². The quantitative estimate of drug-likeness (QED) is 0.350. The molecule has 0 bridgehead atoms. The molecular formula is C26H23N3O5S. The third kappa shape index (κ3) is 5.96. The van der Waals surface area contributed by atoms with Crippen LogP contribution in [0.15, 0.2) is 96.0 Å². The largest absolute Gasteiger partial charge is 0.493 e. The third-order valence-corrected chi connectivity index (χ3v) is 6.38. The zero-order chi connectivity index (χ0) is 24.8. The number of aromatic nitrogens is 1. The molecule has 4 aromatic rings. The molecule has 0 radical (unpaired) electrons. The minimum absolute atomic E-state index is 0.155. The molecule has 9 heteroatoms. The number of methoxy groups -OCH3 is 1. The molecule has 35 heavy (non-hydrogen) atoms. The van der Waals surface area contributed by atoms with Crippen molar-refractivity contribution in [2.24, 2.45) is 0 Å². The molecule has 0 unspecified atom stereocenters. The third-order valence-electron chi connectivity index (χ3n) is 4.98. The summed E-state index contributed by atoms with van der Waals surface area (Å²) in [5, 5.41) is 2.75. The van der Waals surface area contributed by atoms with Gasteiger partial charge < -0.3 is 14.8 Å². The molecule has 4 rings (SSSR count). The van der Waals surface area contributed by atoms with E-state index in [0.29, 0.717) is 34.3 Å². The summed E-state index contributed by atoms with van der Waals surface area (Å²) in [5.74, 6) is 1.11. The number of sulfonamides is 1. The number of hydrogen-bond acceptors (Lipinski definition) is 6. The van der Waals surface area contributed by atoms with Crippen molar-refractivity contribution in [2.45, 2.75) is 11.8 Å². The molecule has 3 aromatic carbocycles. The van der Waals surface area contributed by atoms with Gasteiger partial charge in [0.15, 0.2) is 11.5 Å². The van der Waals surface area contributed by atoms with Gasteiger partial charge in [-0.3, -0.25) is 9.52 Å². The SMILES string of the molecule is COc1cc(C)ccc1Oc1ccc(NC(=O)c2ccc(NS(=O)(=O)c3ccccc3)cc2)cn1. The highest BCUT2D eigenvalue weighted by molar-refractivity contribution is 7.92. The average Bonchev–Trinajstić information content (AvgIpc) is 2.87. The van der Waals surface area contributed by atoms with E-state index < -0.39 is 10.0 Å². The molecule has 1 amide bonds. The van der Waals surface area contributed by atoms with E-state index in [2.05, 4.69) is 15.0 Å². The molecule has 2 N–H and O–H groups in total. The number of rotatable bonds is 8. The fourth-order valence-electron chi connectivity index (χ4n) is 3.19. The van der Waals surface area contributed by atoms with Gasteiger partial charge in [0.05, 0.1) is 23.9 Å². The second-order valence-corrected chi connectivity index (χ2v) is 9.27. The Bertz CT molecular complexity index is 1420. The van der Waals surface area contributed by atoms with Crippen molar-refractivity contribution in [2.75, 3.05) is 17.1 Å². The maximum absolute atomic E-state index is 12.6. The molecule has 1 aromatic heterocycles. The van der Waals surface area contributed by atoms with E-state index in [4.69, 9.17) is 9.47 Å². The minimum Gasteiger partial charge on any atom is -0.493 e. The Morgan fingerprint density at radius 3 is 2.23 bits per heavy atom. The molecule has 0 saturated heterocycles. The number of pyridine rings is 1. The standard InChI is InChI=1S/C26H23N3O5S/c1-18-8-14-23(24(16-18)33-2)34-25-15-13-21(17-27-25)28-26(30)19-9-11-20(12-10-19)29-35(31,32)22-6-4-3-5-7-22/h3-17,29H,1-2H3,(H,28,30). The summed E-state index contributed by atoms with van der Waals surface area (Å²) in [6, 6.07) is 23.0. The van der Waals surface area contributed by atoms with E-state index in [0.717, 1.165) is 5.56 Å². The number of carbonyl (C=O) groups is 1. The number of hydrogen-bond donors (Lipinski definition) is 2. The molecule has 1 heterocycles. The molecular weight excluding hydrogens is 466 g/mol. The number of ether oxygens (including phenoxy) is 2. The van der Waals surface area contributed by atoms with Crippen molar-refractivity contribution in [3.63, 3.8) is 0 Å². The number of benzene rings is 3. The Kier molecular flexibility index (Phi) is 6.98. The van der Waals surface area contributed by atoms with E-state index in [9.17, 15) is 13.2 Å². The molecule has 178 valence electrons. The molecule has 0 spiro atoms. The average molecular weight is 490 g/mol. The summed E-state index contributed by atoms with van der Waals surface area (Å²) in [5.41, 5.74) is 2.23. The van der Waals surface area contributed by atoms with Crippen molar-refractivity contribution in [1.82, 2.24) is 4.98 Å². The summed E-state index contributed by atoms with van der Waals surface area (Å²) in [7, 11) is -2.14. The maximum atomic E-state index is 12.6. The summed E-state index contributed by atoms with van der Waals surface area (Å²) in [6.07, 6.45) is 1.48. The second-order valence-electron chi connectivity index (χ2n) is 7.59. The number of nitrogens with one attached hydrogen (secondary N) is 2. The van der Waals surface area contributed by atoms with Crippen LogP contribution in [0.25, 0.3) is 0 Å². The van der Waals surface area contributed by atoms with E-state index in [1.165, 1.54) is 42.6 Å². The maximum Gasteiger partial charge on any atom is 0.261 e. The monoisotopic (exact) mass is 489 g/mol. The van der Waals surface area contributed by atoms with Gasteiger partial charge in [0.1, 0.15) is 0 Å². The van der Waals surface area contributed by atoms with Crippen molar-refractivity contribution in [3.8, 4) is 17.4 Å². The van der Waals surface area contributed by atoms with Crippen molar-refractivity contribution >= 4 is 27.3 Å². The highest BCUT2D eigenvalue weighted by Gasteiger charge is 2.14. The molecule has 0 aliphatic rings. The first kappa shape index (κ1) is 23.8. The first-order chi connectivity index (χ1) is 16.8. The van der Waals surface area contributed by atoms with Crippen molar-refractivity contribution in [1.29, 1.82) is 0 Å². The fourth-order valence-corrected chi connectivity index (χ4v) is 4.27. The number of aryl methyl sites for hydroxylation is 1. The van der Waals surface area contributed by atoms with Crippen LogP contribution in [0.5, 0.6) is 17.4 Å². The Morgan fingerprint density at radius 2 is 1.57 bits per heavy atom. The lowest BCUT2D eigenvalue weighted by Gasteiger charge is -2.11. The number of carbonyl (C=O) groups excluding carboxylic acids is 1. The van der Waals surface area contributed by atoms with Gasteiger partial charge in [0.2, 0.25) is 5.88 Å². The summed E-state index contributed by atoms with van der Waals surface area (Å²) < 4.78 is 38.5. The van der Waals surface area contributed by atoms with Gasteiger partial charge in [-0.25, -0.2) is 13.4 Å². The van der Waals surface area contributed by atoms with Crippen LogP contribution in [0.2, 0.25) is 0 Å². The first-order valence-electron chi connectivity index (χ1n) is 10.6. The lowest BCUT2D eigenvalue weighted by Crippen LogP contribution is -2.14. The molecule has 0 fully saturated rings. The lowest BCUT2D eigenvalue weighted by molar-refractivity contribution is 0.102. The first-order valence-corrected chi connectivity index (χ1v) is 12.1. The Hall–Kier alpha value is -4.37. The van der Waals surface area contributed by atoms with Crippen molar-refractivity contribution < 1.29 is 22.7 Å². The molecule has 0 atom stereocenters. The van der Waals surface area contributed by atoms with Crippen LogP contribution < -0.4 is 19.5 Å². The Morgan fingerprint density at radius 1 is 0.857 bits per heavy atom. The normalized spacial score (nSPS) is 10.9. The van der Waals surface area contributed by atoms with Crippen molar-refractivity contribution in [3.05, 3.63) is 102 Å². The van der Waals surface area contributed by atoms with Gasteiger partial charge in [-0.05, 0) is 67.1 Å². The zero-order valence-corrected chi connectivity index (χ0v) is 19.9. The smallest absolute Gasteiger partial charge is 0.261 e. The number of anilines is 2. The summed E-state index contributed by atoms with van der Waals surface area (Å²) in [4.78, 5) is 17.0. The molecule has 0 aliphatic heterocycles. The van der Waals surface area contributed by atoms with E-state index in [1.54, 1.807) is 43.5 Å². The van der Waals surface area contributed by atoms with Gasteiger partial charge in [-0.15, -0.1) is 0 Å². The highest BCUT2D eigenvalue weighted by atomic mass is 32.2. The highest BCUT2D eigenvalue weighted by Crippen LogP contribution is 2.31. The van der Waals surface area contributed by atoms with Crippen LogP contribution in [0.4, 0.5) is 11.4 Å². The zero-order valence-electron chi connectivity index (χ0n) is 19.1. The van der Waals surface area contributed by atoms with Crippen LogP contribution in [0.1, 0.15) is 15.9 Å². The predicted octanol–water partition coefficient (Wildman–Crippen LogP) is 5.24. The summed E-state index contributed by atoms with van der Waals surface area (Å²) >= 11 is 0. The van der Waals surface area contributed by atoms with Crippen LogP contribution in [-0.2, 0) is 10.0 Å². The second kappa shape index (κ2) is 10.3. The van der Waals surface area contributed by atoms with E-state index >= 15 is 0 Å². The van der Waals surface area contributed by atoms with Crippen LogP contribution >= 0.6 is 0 Å². The van der Waals surface area contributed by atoms with Crippen LogP contribution in [0.3, 0.4) is 0 Å². The van der Waals surface area contributed by atoms with Gasteiger partial charge in [-0.1, -0.05) is 24.3 Å². The van der Waals surface area contributed by atoms with Gasteiger partial charge >= 0.3 is 0 Å². The Balaban J connectivity index is 1.38. The van der Waals surface area contributed by atoms with E-state index in [-0.39, 0.29) is 10.8 Å². The van der Waals surface area contributed by atoms with Gasteiger partial charge in [0.25, 0.3) is 15.9 Å². The number of nitrogens with zero attached hydrogens (tertiary/aromatic N) is 1. The van der Waals surface area contributed by atoms with Crippen LogP contribution in [0, 0.1) is 6.92 Å². The fraction of sp³-hybridized carbons (Fsp3) is 0.0769. The van der Waals surface area contributed by atoms with Gasteiger partial charge in [-0.2, -0.15) is 0 Å². The molecule has 8 nitrogen and oxygen atoms in total. The molecule has 0 aliphatic carbocycles. The molecule has 0 saturated carbocycles. The number of amides is 1. The van der Waals surface area contributed by atoms with Gasteiger partial charge in [0, 0.05) is 17.3 Å². The summed E-state index contributed by atoms with van der Waals surface area (Å²) in [6.45, 7) is 1.96. The predicted molar refractivity (Wildman–Crippen MR) is 134 cm³/mol. The Labute approximate surface area is 203 Å². The lowest BCUT2D eigenvalue weighted by atomic mass is 10.2. The van der Waals surface area contributed by atoms with E-state index in [1.807, 2.05) is 19.1 Å². The topological polar surface area (TPSA) is 107 Å². The minimum atomic E-state index is -3.71.